The van der Waals surface area contributed by atoms with Crippen LogP contribution in [0.15, 0.2) is 60.1 Å². The van der Waals surface area contributed by atoms with E-state index in [1.54, 1.807) is 10.9 Å². The predicted octanol–water partition coefficient (Wildman–Crippen LogP) is 4.88. The summed E-state index contributed by atoms with van der Waals surface area (Å²) in [6, 6.07) is 10.4. The number of benzene rings is 1. The van der Waals surface area contributed by atoms with Crippen LogP contribution in [0.4, 0.5) is 13.2 Å². The maximum absolute atomic E-state index is 13.0. The lowest BCUT2D eigenvalue weighted by Crippen LogP contribution is -2.07. The minimum Gasteiger partial charge on any atom is -0.276 e. The van der Waals surface area contributed by atoms with Crippen LogP contribution in [0.3, 0.4) is 0 Å². The van der Waals surface area contributed by atoms with E-state index >= 15 is 0 Å². The largest absolute Gasteiger partial charge is 0.417 e. The zero-order valence-corrected chi connectivity index (χ0v) is 15.1. The van der Waals surface area contributed by atoms with Gasteiger partial charge in [0.05, 0.1) is 16.3 Å². The number of thioether (sulfide) groups is 1. The van der Waals surface area contributed by atoms with Gasteiger partial charge in [0.1, 0.15) is 0 Å². The van der Waals surface area contributed by atoms with Gasteiger partial charge >= 0.3 is 6.18 Å². The average molecular weight is 410 g/mol. The van der Waals surface area contributed by atoms with Crippen LogP contribution < -0.4 is 0 Å². The summed E-state index contributed by atoms with van der Waals surface area (Å²) in [5, 5.41) is 12.3. The van der Waals surface area contributed by atoms with Crippen molar-refractivity contribution < 1.29 is 13.2 Å². The van der Waals surface area contributed by atoms with Gasteiger partial charge in [-0.2, -0.15) is 18.3 Å². The smallest absolute Gasteiger partial charge is 0.276 e. The highest BCUT2D eigenvalue weighted by molar-refractivity contribution is 7.98. The molecule has 0 N–H and O–H groups in total. The van der Waals surface area contributed by atoms with Gasteiger partial charge in [0.25, 0.3) is 0 Å². The number of fused-ring (bicyclic) bond motifs is 1. The van der Waals surface area contributed by atoms with Crippen molar-refractivity contribution in [3.8, 4) is 5.69 Å². The Balaban J connectivity index is 1.56. The number of hydrogen-bond donors (Lipinski definition) is 0. The highest BCUT2D eigenvalue weighted by atomic mass is 35.5. The zero-order chi connectivity index (χ0) is 19.0. The Morgan fingerprint density at radius 2 is 1.89 bits per heavy atom. The lowest BCUT2D eigenvalue weighted by atomic mass is 10.2. The molecule has 0 aliphatic heterocycles. The van der Waals surface area contributed by atoms with Gasteiger partial charge < -0.3 is 0 Å². The standard InChI is InChI=1S/C17H11ClF3N5S/c18-14-8-12(17(19,20)21)9-25-15(14)23-24-16(25)27-10-11-2-4-13(5-3-11)26-7-1-6-22-26/h1-9H,10H2. The minimum atomic E-state index is -4.49. The summed E-state index contributed by atoms with van der Waals surface area (Å²) < 4.78 is 42.0. The van der Waals surface area contributed by atoms with Gasteiger partial charge in [-0.25, -0.2) is 4.68 Å². The van der Waals surface area contributed by atoms with Crippen LogP contribution in [0.1, 0.15) is 11.1 Å². The van der Waals surface area contributed by atoms with Gasteiger partial charge in [0, 0.05) is 24.3 Å². The monoisotopic (exact) mass is 409 g/mol. The van der Waals surface area contributed by atoms with E-state index in [9.17, 15) is 13.2 Å². The molecule has 3 heterocycles. The molecule has 0 aliphatic carbocycles. The van der Waals surface area contributed by atoms with Crippen LogP contribution in [-0.4, -0.2) is 24.4 Å². The third-order valence-electron chi connectivity index (χ3n) is 3.83. The molecule has 0 unspecified atom stereocenters. The Hall–Kier alpha value is -2.52. The van der Waals surface area contributed by atoms with E-state index in [0.717, 1.165) is 23.5 Å². The lowest BCUT2D eigenvalue weighted by molar-refractivity contribution is -0.137. The lowest BCUT2D eigenvalue weighted by Gasteiger charge is -2.09. The van der Waals surface area contributed by atoms with Crippen molar-refractivity contribution in [3.05, 3.63) is 71.1 Å². The molecule has 0 radical (unpaired) electrons. The first-order chi connectivity index (χ1) is 12.9. The normalized spacial score (nSPS) is 12.0. The first-order valence-corrected chi connectivity index (χ1v) is 9.11. The summed E-state index contributed by atoms with van der Waals surface area (Å²) in [4.78, 5) is 0. The van der Waals surface area contributed by atoms with E-state index in [4.69, 9.17) is 11.6 Å². The number of pyridine rings is 1. The molecule has 4 rings (SSSR count). The Morgan fingerprint density at radius 3 is 2.56 bits per heavy atom. The number of nitrogens with zero attached hydrogens (tertiary/aromatic N) is 5. The first kappa shape index (κ1) is 17.9. The summed E-state index contributed by atoms with van der Waals surface area (Å²) in [6.45, 7) is 0. The molecule has 0 amide bonds. The Morgan fingerprint density at radius 1 is 1.11 bits per heavy atom. The van der Waals surface area contributed by atoms with Crippen molar-refractivity contribution in [3.63, 3.8) is 0 Å². The van der Waals surface area contributed by atoms with Crippen LogP contribution >= 0.6 is 23.4 Å². The van der Waals surface area contributed by atoms with E-state index < -0.39 is 11.7 Å². The number of rotatable bonds is 4. The fourth-order valence-corrected chi connectivity index (χ4v) is 3.61. The Kier molecular flexibility index (Phi) is 4.56. The molecule has 0 atom stereocenters. The van der Waals surface area contributed by atoms with Gasteiger partial charge in [-0.3, -0.25) is 4.40 Å². The van der Waals surface area contributed by atoms with Gasteiger partial charge in [0.15, 0.2) is 10.8 Å². The van der Waals surface area contributed by atoms with Crippen molar-refractivity contribution >= 4 is 29.0 Å². The molecule has 0 spiro atoms. The first-order valence-electron chi connectivity index (χ1n) is 7.75. The molecular weight excluding hydrogens is 399 g/mol. The summed E-state index contributed by atoms with van der Waals surface area (Å²) >= 11 is 7.21. The predicted molar refractivity (Wildman–Crippen MR) is 96.1 cm³/mol. The highest BCUT2D eigenvalue weighted by Gasteiger charge is 2.32. The maximum Gasteiger partial charge on any atom is 0.417 e. The van der Waals surface area contributed by atoms with E-state index in [1.807, 2.05) is 36.5 Å². The van der Waals surface area contributed by atoms with Crippen molar-refractivity contribution in [2.45, 2.75) is 17.1 Å². The Bertz CT molecular complexity index is 1070. The third kappa shape index (κ3) is 3.65. The van der Waals surface area contributed by atoms with Crippen molar-refractivity contribution in [1.29, 1.82) is 0 Å². The molecule has 3 aromatic heterocycles. The van der Waals surface area contributed by atoms with E-state index in [1.165, 1.54) is 16.2 Å². The van der Waals surface area contributed by atoms with Crippen LogP contribution in [0.2, 0.25) is 5.02 Å². The molecule has 4 aromatic rings. The summed E-state index contributed by atoms with van der Waals surface area (Å²) in [7, 11) is 0. The molecule has 0 saturated carbocycles. The topological polar surface area (TPSA) is 48.0 Å². The second-order valence-electron chi connectivity index (χ2n) is 5.66. The zero-order valence-electron chi connectivity index (χ0n) is 13.6. The van der Waals surface area contributed by atoms with E-state index in [2.05, 4.69) is 15.3 Å². The van der Waals surface area contributed by atoms with Crippen molar-refractivity contribution in [1.82, 2.24) is 24.4 Å². The molecule has 0 saturated heterocycles. The molecule has 0 fully saturated rings. The maximum atomic E-state index is 13.0. The van der Waals surface area contributed by atoms with Gasteiger partial charge in [0.2, 0.25) is 0 Å². The molecule has 0 bridgehead atoms. The summed E-state index contributed by atoms with van der Waals surface area (Å²) in [5.41, 5.74) is 1.26. The fourth-order valence-electron chi connectivity index (χ4n) is 2.50. The van der Waals surface area contributed by atoms with Crippen molar-refractivity contribution in [2.75, 3.05) is 0 Å². The van der Waals surface area contributed by atoms with Gasteiger partial charge in [-0.05, 0) is 29.8 Å². The van der Waals surface area contributed by atoms with Crippen LogP contribution in [0.5, 0.6) is 0 Å². The molecule has 1 aromatic carbocycles. The molecule has 10 heteroatoms. The molecule has 27 heavy (non-hydrogen) atoms. The SMILES string of the molecule is FC(F)(F)c1cc(Cl)c2nnc(SCc3ccc(-n4cccn4)cc3)n2c1. The van der Waals surface area contributed by atoms with Gasteiger partial charge in [-0.15, -0.1) is 10.2 Å². The van der Waals surface area contributed by atoms with E-state index in [0.29, 0.717) is 10.9 Å². The quantitative estimate of drug-likeness (QED) is 0.451. The highest BCUT2D eigenvalue weighted by Crippen LogP contribution is 2.33. The summed E-state index contributed by atoms with van der Waals surface area (Å²) in [5.74, 6) is 0.522. The molecule has 5 nitrogen and oxygen atoms in total. The number of hydrogen-bond acceptors (Lipinski definition) is 4. The van der Waals surface area contributed by atoms with Crippen molar-refractivity contribution in [2.24, 2.45) is 0 Å². The number of halogens is 4. The molecular formula is C17H11ClF3N5S. The fraction of sp³-hybridized carbons (Fsp3) is 0.118. The van der Waals surface area contributed by atoms with E-state index in [-0.39, 0.29) is 10.7 Å². The van der Waals surface area contributed by atoms with Crippen LogP contribution in [0.25, 0.3) is 11.3 Å². The number of alkyl halides is 3. The molecule has 138 valence electrons. The average Bonchev–Trinajstić information content (AvgIpc) is 3.30. The second-order valence-corrected chi connectivity index (χ2v) is 7.01. The molecule has 0 aliphatic rings. The van der Waals surface area contributed by atoms with Crippen LogP contribution in [0, 0.1) is 0 Å². The van der Waals surface area contributed by atoms with Crippen LogP contribution in [-0.2, 0) is 11.9 Å². The third-order valence-corrected chi connectivity index (χ3v) is 5.12. The minimum absolute atomic E-state index is 0.0900. The van der Waals surface area contributed by atoms with Gasteiger partial charge in [-0.1, -0.05) is 35.5 Å². The number of aromatic nitrogens is 5. The second kappa shape index (κ2) is 6.90. The summed E-state index contributed by atoms with van der Waals surface area (Å²) in [6.07, 6.45) is 0.00526. The Labute approximate surface area is 160 Å².